The molecule has 5 nitrogen and oxygen atoms in total. The molecule has 2 N–H and O–H groups in total. The van der Waals surface area contributed by atoms with Crippen molar-refractivity contribution in [1.82, 2.24) is 9.97 Å². The summed E-state index contributed by atoms with van der Waals surface area (Å²) in [6.07, 6.45) is 6.25. The third kappa shape index (κ3) is 2.75. The van der Waals surface area contributed by atoms with E-state index in [0.717, 1.165) is 48.8 Å². The number of hydrogen-bond donors (Lipinski definition) is 2. The maximum absolute atomic E-state index is 5.79. The van der Waals surface area contributed by atoms with Crippen molar-refractivity contribution in [1.29, 1.82) is 0 Å². The summed E-state index contributed by atoms with van der Waals surface area (Å²) in [5.74, 6) is 1.42. The standard InChI is InChI=1S/C21H20N4O/c1-2-16(20-13-22-5-6-23-20)10-19-15(1)9-17(12-25-19)14-3-4-18-21(11-14)26-8-7-24-18/h1-6,10-11,13,17,24-25H,7-9,12H2. The molecule has 1 aromatic heterocycles. The molecule has 0 fully saturated rings. The lowest BCUT2D eigenvalue weighted by atomic mass is 9.87. The van der Waals surface area contributed by atoms with Gasteiger partial charge >= 0.3 is 0 Å². The zero-order valence-corrected chi connectivity index (χ0v) is 14.4. The maximum atomic E-state index is 5.79. The molecule has 0 amide bonds. The molecule has 2 aliphatic rings. The fourth-order valence-corrected chi connectivity index (χ4v) is 3.74. The Morgan fingerprint density at radius 2 is 2.00 bits per heavy atom. The second-order valence-electron chi connectivity index (χ2n) is 6.78. The number of nitrogens with one attached hydrogen (secondary N) is 2. The molecule has 0 spiro atoms. The van der Waals surface area contributed by atoms with Crippen LogP contribution in [0.25, 0.3) is 11.3 Å². The van der Waals surface area contributed by atoms with Gasteiger partial charge in [0.25, 0.3) is 0 Å². The van der Waals surface area contributed by atoms with E-state index in [9.17, 15) is 0 Å². The minimum absolute atomic E-state index is 0.445. The molecule has 1 unspecified atom stereocenters. The molecule has 2 aliphatic heterocycles. The molecule has 5 heteroatoms. The predicted octanol–water partition coefficient (Wildman–Crippen LogP) is 3.70. The number of fused-ring (bicyclic) bond motifs is 2. The van der Waals surface area contributed by atoms with Gasteiger partial charge in [0, 0.05) is 42.7 Å². The summed E-state index contributed by atoms with van der Waals surface area (Å²) in [6.45, 7) is 2.52. The van der Waals surface area contributed by atoms with Gasteiger partial charge in [-0.05, 0) is 35.7 Å². The minimum Gasteiger partial charge on any atom is -0.490 e. The van der Waals surface area contributed by atoms with Crippen LogP contribution in [0.2, 0.25) is 0 Å². The molecular formula is C21H20N4O. The Hall–Kier alpha value is -3.08. The van der Waals surface area contributed by atoms with Gasteiger partial charge in [-0.2, -0.15) is 0 Å². The average molecular weight is 344 g/mol. The van der Waals surface area contributed by atoms with Gasteiger partial charge in [0.05, 0.1) is 17.6 Å². The van der Waals surface area contributed by atoms with E-state index in [0.29, 0.717) is 5.92 Å². The zero-order valence-electron chi connectivity index (χ0n) is 14.4. The van der Waals surface area contributed by atoms with E-state index in [1.165, 1.54) is 16.8 Å². The van der Waals surface area contributed by atoms with E-state index < -0.39 is 0 Å². The Kier molecular flexibility index (Phi) is 3.70. The van der Waals surface area contributed by atoms with E-state index in [1.54, 1.807) is 18.6 Å². The Labute approximate surface area is 152 Å². The van der Waals surface area contributed by atoms with Crippen LogP contribution in [0.15, 0.2) is 55.0 Å². The van der Waals surface area contributed by atoms with E-state index in [1.807, 2.05) is 0 Å². The van der Waals surface area contributed by atoms with Crippen LogP contribution in [0.4, 0.5) is 11.4 Å². The highest BCUT2D eigenvalue weighted by atomic mass is 16.5. The van der Waals surface area contributed by atoms with Crippen molar-refractivity contribution in [2.45, 2.75) is 12.3 Å². The number of ether oxygens (including phenoxy) is 1. The Morgan fingerprint density at radius 1 is 1.00 bits per heavy atom. The van der Waals surface area contributed by atoms with Crippen molar-refractivity contribution in [2.75, 3.05) is 30.3 Å². The van der Waals surface area contributed by atoms with Crippen molar-refractivity contribution in [3.8, 4) is 17.0 Å². The van der Waals surface area contributed by atoms with Crippen molar-refractivity contribution in [3.63, 3.8) is 0 Å². The average Bonchev–Trinajstić information content (AvgIpc) is 2.73. The van der Waals surface area contributed by atoms with Crippen molar-refractivity contribution in [3.05, 3.63) is 66.1 Å². The zero-order chi connectivity index (χ0) is 17.3. The Bertz CT molecular complexity index is 942. The Morgan fingerprint density at radius 3 is 2.92 bits per heavy atom. The molecule has 130 valence electrons. The quantitative estimate of drug-likeness (QED) is 0.742. The second kappa shape index (κ2) is 6.33. The van der Waals surface area contributed by atoms with Crippen molar-refractivity contribution >= 4 is 11.4 Å². The molecular weight excluding hydrogens is 324 g/mol. The number of anilines is 2. The van der Waals surface area contributed by atoms with E-state index in [2.05, 4.69) is 57.0 Å². The van der Waals surface area contributed by atoms with Crippen LogP contribution in [-0.2, 0) is 6.42 Å². The third-order valence-electron chi connectivity index (χ3n) is 5.13. The van der Waals surface area contributed by atoms with Gasteiger partial charge < -0.3 is 15.4 Å². The Balaban J connectivity index is 1.40. The van der Waals surface area contributed by atoms with Gasteiger partial charge in [-0.1, -0.05) is 18.2 Å². The normalized spacial score (nSPS) is 17.9. The molecule has 3 aromatic rings. The van der Waals surface area contributed by atoms with Crippen LogP contribution < -0.4 is 15.4 Å². The summed E-state index contributed by atoms with van der Waals surface area (Å²) in [7, 11) is 0. The fraction of sp³-hybridized carbons (Fsp3) is 0.238. The fourth-order valence-electron chi connectivity index (χ4n) is 3.74. The van der Waals surface area contributed by atoms with Crippen molar-refractivity contribution in [2.24, 2.45) is 0 Å². The van der Waals surface area contributed by atoms with Crippen LogP contribution in [0, 0.1) is 0 Å². The van der Waals surface area contributed by atoms with Gasteiger partial charge in [0.2, 0.25) is 0 Å². The monoisotopic (exact) mass is 344 g/mol. The lowest BCUT2D eigenvalue weighted by Crippen LogP contribution is -2.22. The molecule has 3 heterocycles. The molecule has 0 bridgehead atoms. The highest BCUT2D eigenvalue weighted by Gasteiger charge is 2.22. The van der Waals surface area contributed by atoms with Crippen LogP contribution in [0.5, 0.6) is 5.75 Å². The molecule has 26 heavy (non-hydrogen) atoms. The van der Waals surface area contributed by atoms with Crippen LogP contribution >= 0.6 is 0 Å². The van der Waals surface area contributed by atoms with E-state index >= 15 is 0 Å². The number of nitrogens with zero attached hydrogens (tertiary/aromatic N) is 2. The molecule has 1 atom stereocenters. The summed E-state index contributed by atoms with van der Waals surface area (Å²) in [5, 5.41) is 6.98. The topological polar surface area (TPSA) is 59.1 Å². The maximum Gasteiger partial charge on any atom is 0.142 e. The van der Waals surface area contributed by atoms with Gasteiger partial charge in [0.1, 0.15) is 12.4 Å². The minimum atomic E-state index is 0.445. The molecule has 5 rings (SSSR count). The third-order valence-corrected chi connectivity index (χ3v) is 5.13. The first-order valence-corrected chi connectivity index (χ1v) is 9.00. The number of benzene rings is 2. The predicted molar refractivity (Wildman–Crippen MR) is 103 cm³/mol. The van der Waals surface area contributed by atoms with Crippen LogP contribution in [0.3, 0.4) is 0 Å². The first-order valence-electron chi connectivity index (χ1n) is 9.00. The number of aromatic nitrogens is 2. The van der Waals surface area contributed by atoms with E-state index in [4.69, 9.17) is 4.74 Å². The highest BCUT2D eigenvalue weighted by Crippen LogP contribution is 2.36. The van der Waals surface area contributed by atoms with Crippen LogP contribution in [0.1, 0.15) is 17.0 Å². The van der Waals surface area contributed by atoms with Crippen LogP contribution in [-0.4, -0.2) is 29.7 Å². The first kappa shape index (κ1) is 15.2. The summed E-state index contributed by atoms with van der Waals surface area (Å²) < 4.78 is 5.79. The summed E-state index contributed by atoms with van der Waals surface area (Å²) in [6, 6.07) is 13.0. The second-order valence-corrected chi connectivity index (χ2v) is 6.78. The number of rotatable bonds is 2. The number of hydrogen-bond acceptors (Lipinski definition) is 5. The van der Waals surface area contributed by atoms with Gasteiger partial charge in [-0.15, -0.1) is 0 Å². The summed E-state index contributed by atoms with van der Waals surface area (Å²) in [5.41, 5.74) is 6.95. The lowest BCUT2D eigenvalue weighted by Gasteiger charge is -2.28. The first-order chi connectivity index (χ1) is 12.9. The van der Waals surface area contributed by atoms with E-state index in [-0.39, 0.29) is 0 Å². The molecule has 0 saturated carbocycles. The SMILES string of the molecule is c1cnc(-c2ccc3c(c2)NCC(c2ccc4c(c2)OCCN4)C3)cn1. The van der Waals surface area contributed by atoms with Gasteiger partial charge in [-0.25, -0.2) is 0 Å². The van der Waals surface area contributed by atoms with Crippen molar-refractivity contribution < 1.29 is 4.74 Å². The van der Waals surface area contributed by atoms with Gasteiger partial charge in [0.15, 0.2) is 0 Å². The summed E-state index contributed by atoms with van der Waals surface area (Å²) in [4.78, 5) is 8.55. The molecule has 2 aromatic carbocycles. The summed E-state index contributed by atoms with van der Waals surface area (Å²) >= 11 is 0. The molecule has 0 saturated heterocycles. The lowest BCUT2D eigenvalue weighted by molar-refractivity contribution is 0.322. The molecule has 0 aliphatic carbocycles. The van der Waals surface area contributed by atoms with Gasteiger partial charge in [-0.3, -0.25) is 9.97 Å². The smallest absolute Gasteiger partial charge is 0.142 e. The largest absolute Gasteiger partial charge is 0.490 e. The highest BCUT2D eigenvalue weighted by molar-refractivity contribution is 5.68. The molecule has 0 radical (unpaired) electrons.